The van der Waals surface area contributed by atoms with Crippen molar-refractivity contribution < 1.29 is 22.0 Å². The number of hydrogen-bond acceptors (Lipinski definition) is 0. The highest BCUT2D eigenvalue weighted by Crippen LogP contribution is 2.23. The molecule has 0 aromatic heterocycles. The topological polar surface area (TPSA) is 0 Å². The molecule has 0 nitrogen and oxygen atoms in total. The number of hydrogen-bond donors (Lipinski definition) is 0. The van der Waals surface area contributed by atoms with Crippen molar-refractivity contribution in [1.29, 1.82) is 0 Å². The molecule has 0 aliphatic rings. The molecule has 0 fully saturated rings. The van der Waals surface area contributed by atoms with E-state index in [1.165, 1.54) is 12.2 Å². The molecule has 110 valence electrons. The van der Waals surface area contributed by atoms with Gasteiger partial charge in [-0.15, -0.1) is 0 Å². The third-order valence-electron chi connectivity index (χ3n) is 2.80. The maximum Gasteiger partial charge on any atom is 0.200 e. The predicted octanol–water partition coefficient (Wildman–Crippen LogP) is 5.29. The normalized spacial score (nSPS) is 11.3. The van der Waals surface area contributed by atoms with Gasteiger partial charge in [-0.2, -0.15) is 0 Å². The Bertz CT molecular complexity index is 663. The second-order valence-electron chi connectivity index (χ2n) is 4.21. The van der Waals surface area contributed by atoms with Crippen molar-refractivity contribution in [2.75, 3.05) is 0 Å². The van der Waals surface area contributed by atoms with E-state index in [4.69, 9.17) is 11.6 Å². The van der Waals surface area contributed by atoms with Crippen molar-refractivity contribution in [2.24, 2.45) is 0 Å². The molecule has 0 atom stereocenters. The lowest BCUT2D eigenvalue weighted by Gasteiger charge is -2.05. The molecule has 0 bridgehead atoms. The molecule has 6 heteroatoms. The molecule has 2 rings (SSSR count). The fraction of sp³-hybridized carbons (Fsp3) is 0.0667. The van der Waals surface area contributed by atoms with Gasteiger partial charge in [-0.25, -0.2) is 22.0 Å². The van der Waals surface area contributed by atoms with Crippen molar-refractivity contribution in [3.8, 4) is 0 Å². The van der Waals surface area contributed by atoms with Gasteiger partial charge in [0.25, 0.3) is 0 Å². The monoisotopic (exact) mass is 318 g/mol. The van der Waals surface area contributed by atoms with E-state index in [0.717, 1.165) is 0 Å². The van der Waals surface area contributed by atoms with E-state index >= 15 is 0 Å². The molecule has 0 aliphatic carbocycles. The summed E-state index contributed by atoms with van der Waals surface area (Å²) in [5, 5.41) is 0.520. The van der Waals surface area contributed by atoms with Crippen LogP contribution >= 0.6 is 11.6 Å². The Labute approximate surface area is 122 Å². The van der Waals surface area contributed by atoms with Gasteiger partial charge in [-0.3, -0.25) is 0 Å². The molecule has 0 unspecified atom stereocenters. The van der Waals surface area contributed by atoms with Gasteiger partial charge < -0.3 is 0 Å². The van der Waals surface area contributed by atoms with Gasteiger partial charge >= 0.3 is 0 Å². The van der Waals surface area contributed by atoms with E-state index in [1.54, 1.807) is 24.3 Å². The lowest BCUT2D eigenvalue weighted by Crippen LogP contribution is -2.06. The van der Waals surface area contributed by atoms with E-state index in [0.29, 0.717) is 10.6 Å². The molecule has 2 aromatic rings. The summed E-state index contributed by atoms with van der Waals surface area (Å²) in [7, 11) is 0. The Morgan fingerprint density at radius 2 is 1.24 bits per heavy atom. The molecular formula is C15H8ClF5. The second-order valence-corrected chi connectivity index (χ2v) is 4.64. The summed E-state index contributed by atoms with van der Waals surface area (Å²) in [6, 6.07) is 6.52. The highest BCUT2D eigenvalue weighted by atomic mass is 35.5. The minimum Gasteiger partial charge on any atom is -0.203 e. The lowest BCUT2D eigenvalue weighted by molar-refractivity contribution is 0.371. The highest BCUT2D eigenvalue weighted by Gasteiger charge is 2.24. The quantitative estimate of drug-likeness (QED) is 0.410. The van der Waals surface area contributed by atoms with Gasteiger partial charge in [-0.05, 0) is 24.1 Å². The maximum absolute atomic E-state index is 13.4. The number of benzene rings is 2. The van der Waals surface area contributed by atoms with Crippen LogP contribution in [0.1, 0.15) is 11.1 Å². The van der Waals surface area contributed by atoms with Crippen molar-refractivity contribution >= 4 is 17.7 Å². The van der Waals surface area contributed by atoms with Gasteiger partial charge in [0, 0.05) is 10.6 Å². The minimum atomic E-state index is -2.16. The van der Waals surface area contributed by atoms with Gasteiger partial charge in [0.15, 0.2) is 23.3 Å². The molecule has 0 saturated heterocycles. The first-order valence-electron chi connectivity index (χ1n) is 5.84. The standard InChI is InChI=1S/C15H8ClF5/c16-9-6-4-8(5-7-9)2-1-3-10-11(17)13(19)15(21)14(20)12(10)18/h1-2,4-7H,3H2/b2-1+. The Hall–Kier alpha value is -1.88. The van der Waals surface area contributed by atoms with Crippen LogP contribution in [-0.2, 0) is 6.42 Å². The maximum atomic E-state index is 13.4. The van der Waals surface area contributed by atoms with E-state index in [2.05, 4.69) is 0 Å². The molecule has 0 radical (unpaired) electrons. The smallest absolute Gasteiger partial charge is 0.200 e. The third-order valence-corrected chi connectivity index (χ3v) is 3.05. The number of halogens is 6. The minimum absolute atomic E-state index is 0.422. The predicted molar refractivity (Wildman–Crippen MR) is 70.4 cm³/mol. The summed E-state index contributed by atoms with van der Waals surface area (Å²) in [5.41, 5.74) is -0.181. The molecule has 21 heavy (non-hydrogen) atoms. The van der Waals surface area contributed by atoms with E-state index in [-0.39, 0.29) is 0 Å². The van der Waals surface area contributed by atoms with Crippen LogP contribution in [0.3, 0.4) is 0 Å². The Morgan fingerprint density at radius 1 is 0.762 bits per heavy atom. The Morgan fingerprint density at radius 3 is 1.76 bits per heavy atom. The van der Waals surface area contributed by atoms with E-state index < -0.39 is 41.1 Å². The molecule has 0 saturated carbocycles. The van der Waals surface area contributed by atoms with Crippen LogP contribution in [0, 0.1) is 29.1 Å². The first-order chi connectivity index (χ1) is 9.91. The molecule has 0 spiro atoms. The zero-order valence-electron chi connectivity index (χ0n) is 10.4. The van der Waals surface area contributed by atoms with Crippen molar-refractivity contribution in [2.45, 2.75) is 6.42 Å². The van der Waals surface area contributed by atoms with Crippen molar-refractivity contribution in [3.63, 3.8) is 0 Å². The van der Waals surface area contributed by atoms with Crippen LogP contribution in [0.4, 0.5) is 22.0 Å². The summed E-state index contributed by atoms with van der Waals surface area (Å²) in [4.78, 5) is 0. The second kappa shape index (κ2) is 6.26. The van der Waals surface area contributed by atoms with Gasteiger partial charge in [0.05, 0.1) is 0 Å². The molecule has 2 aromatic carbocycles. The van der Waals surface area contributed by atoms with Gasteiger partial charge in [-0.1, -0.05) is 35.9 Å². The number of allylic oxidation sites excluding steroid dienone is 1. The molecule has 0 aliphatic heterocycles. The van der Waals surface area contributed by atoms with Crippen LogP contribution in [0.2, 0.25) is 5.02 Å². The summed E-state index contributed by atoms with van der Waals surface area (Å²) in [5.74, 6) is -9.66. The summed E-state index contributed by atoms with van der Waals surface area (Å²) in [6.07, 6.45) is 2.38. The van der Waals surface area contributed by atoms with Gasteiger partial charge in [0.1, 0.15) is 0 Å². The van der Waals surface area contributed by atoms with Crippen LogP contribution in [-0.4, -0.2) is 0 Å². The zero-order valence-corrected chi connectivity index (χ0v) is 11.2. The highest BCUT2D eigenvalue weighted by molar-refractivity contribution is 6.30. The van der Waals surface area contributed by atoms with Gasteiger partial charge in [0.2, 0.25) is 5.82 Å². The number of rotatable bonds is 3. The summed E-state index contributed by atoms with van der Waals surface area (Å²) >= 11 is 5.69. The first-order valence-corrected chi connectivity index (χ1v) is 6.22. The Kier molecular flexibility index (Phi) is 4.63. The van der Waals surface area contributed by atoms with Crippen molar-refractivity contribution in [1.82, 2.24) is 0 Å². The third kappa shape index (κ3) is 3.24. The summed E-state index contributed by atoms with van der Waals surface area (Å²) < 4.78 is 65.7. The molecule has 0 amide bonds. The van der Waals surface area contributed by atoms with Crippen LogP contribution in [0.15, 0.2) is 30.3 Å². The first kappa shape index (κ1) is 15.5. The largest absolute Gasteiger partial charge is 0.203 e. The molecular weight excluding hydrogens is 311 g/mol. The Balaban J connectivity index is 2.26. The van der Waals surface area contributed by atoms with Crippen LogP contribution < -0.4 is 0 Å². The fourth-order valence-electron chi connectivity index (χ4n) is 1.72. The SMILES string of the molecule is Fc1c(F)c(F)c(C/C=C/c2ccc(Cl)cc2)c(F)c1F. The van der Waals surface area contributed by atoms with E-state index in [1.807, 2.05) is 0 Å². The molecule has 0 heterocycles. The fourth-order valence-corrected chi connectivity index (χ4v) is 1.84. The van der Waals surface area contributed by atoms with Crippen molar-refractivity contribution in [3.05, 3.63) is 75.6 Å². The molecule has 0 N–H and O–H groups in total. The summed E-state index contributed by atoms with van der Waals surface area (Å²) in [6.45, 7) is 0. The average molecular weight is 319 g/mol. The lowest BCUT2D eigenvalue weighted by atomic mass is 10.1. The van der Waals surface area contributed by atoms with Crippen LogP contribution in [0.25, 0.3) is 6.08 Å². The van der Waals surface area contributed by atoms with E-state index in [9.17, 15) is 22.0 Å². The zero-order chi connectivity index (χ0) is 15.6. The average Bonchev–Trinajstić information content (AvgIpc) is 2.48. The van der Waals surface area contributed by atoms with Crippen LogP contribution in [0.5, 0.6) is 0 Å².